The van der Waals surface area contributed by atoms with Gasteiger partial charge in [-0.15, -0.1) is 0 Å². The summed E-state index contributed by atoms with van der Waals surface area (Å²) in [6, 6.07) is 20.1. The monoisotopic (exact) mass is 334 g/mol. The summed E-state index contributed by atoms with van der Waals surface area (Å²) in [6.45, 7) is 3.80. The molecular weight excluding hydrogens is 312 g/mol. The number of hydrogen-bond donors (Lipinski definition) is 1. The number of nitrogens with zero attached hydrogens (tertiary/aromatic N) is 3. The molecular formula is C20H22N4O. The number of benzene rings is 2. The maximum atomic E-state index is 5.26. The summed E-state index contributed by atoms with van der Waals surface area (Å²) in [4.78, 5) is 11.0. The predicted octanol–water partition coefficient (Wildman–Crippen LogP) is 4.26. The van der Waals surface area contributed by atoms with Gasteiger partial charge in [0.15, 0.2) is 0 Å². The van der Waals surface area contributed by atoms with Crippen LogP contribution in [0.1, 0.15) is 12.5 Å². The average molecular weight is 334 g/mol. The summed E-state index contributed by atoms with van der Waals surface area (Å²) in [6.07, 6.45) is 1.59. The van der Waals surface area contributed by atoms with Crippen LogP contribution in [0.2, 0.25) is 0 Å². The number of rotatable bonds is 7. The molecule has 0 saturated heterocycles. The van der Waals surface area contributed by atoms with E-state index in [1.54, 1.807) is 13.4 Å². The van der Waals surface area contributed by atoms with Gasteiger partial charge in [0.1, 0.15) is 23.7 Å². The third kappa shape index (κ3) is 4.47. The Hall–Kier alpha value is -3.08. The van der Waals surface area contributed by atoms with E-state index in [-0.39, 0.29) is 0 Å². The number of aromatic nitrogens is 2. The van der Waals surface area contributed by atoms with Crippen LogP contribution in [0.15, 0.2) is 67.0 Å². The number of methoxy groups -OCH3 is 1. The van der Waals surface area contributed by atoms with Gasteiger partial charge in [0.2, 0.25) is 0 Å². The van der Waals surface area contributed by atoms with Crippen molar-refractivity contribution in [1.29, 1.82) is 0 Å². The molecule has 1 heterocycles. The van der Waals surface area contributed by atoms with Gasteiger partial charge in [-0.25, -0.2) is 9.97 Å². The van der Waals surface area contributed by atoms with Crippen molar-refractivity contribution in [3.63, 3.8) is 0 Å². The van der Waals surface area contributed by atoms with Gasteiger partial charge in [-0.3, -0.25) is 0 Å². The highest BCUT2D eigenvalue weighted by Gasteiger charge is 2.08. The topological polar surface area (TPSA) is 50.3 Å². The first-order valence-corrected chi connectivity index (χ1v) is 8.30. The number of nitrogens with one attached hydrogen (secondary N) is 1. The zero-order valence-corrected chi connectivity index (χ0v) is 14.5. The van der Waals surface area contributed by atoms with Crippen LogP contribution in [0.25, 0.3) is 0 Å². The van der Waals surface area contributed by atoms with Crippen LogP contribution >= 0.6 is 0 Å². The van der Waals surface area contributed by atoms with E-state index in [1.807, 2.05) is 36.4 Å². The van der Waals surface area contributed by atoms with Gasteiger partial charge in [0.05, 0.1) is 7.11 Å². The SMILES string of the molecule is CCN(Cc1ccccc1)c1cc(Nc2cccc(OC)c2)ncn1. The van der Waals surface area contributed by atoms with Crippen molar-refractivity contribution in [2.45, 2.75) is 13.5 Å². The lowest BCUT2D eigenvalue weighted by molar-refractivity contribution is 0.415. The molecule has 5 nitrogen and oxygen atoms in total. The molecule has 3 rings (SSSR count). The zero-order chi connectivity index (χ0) is 17.5. The second-order valence-electron chi connectivity index (χ2n) is 5.62. The van der Waals surface area contributed by atoms with Gasteiger partial charge in [-0.05, 0) is 24.6 Å². The summed E-state index contributed by atoms with van der Waals surface area (Å²) in [5.74, 6) is 2.45. The molecule has 25 heavy (non-hydrogen) atoms. The minimum absolute atomic E-state index is 0.754. The zero-order valence-electron chi connectivity index (χ0n) is 14.5. The summed E-state index contributed by atoms with van der Waals surface area (Å²) in [5.41, 5.74) is 2.18. The molecule has 0 radical (unpaired) electrons. The molecule has 0 aliphatic heterocycles. The molecule has 0 aliphatic carbocycles. The van der Waals surface area contributed by atoms with Crippen LogP contribution in [-0.4, -0.2) is 23.6 Å². The minimum Gasteiger partial charge on any atom is -0.497 e. The fraction of sp³-hybridized carbons (Fsp3) is 0.200. The van der Waals surface area contributed by atoms with Crippen molar-refractivity contribution in [3.05, 3.63) is 72.6 Å². The van der Waals surface area contributed by atoms with Crippen molar-refractivity contribution < 1.29 is 4.74 Å². The Balaban J connectivity index is 1.77. The third-order valence-corrected chi connectivity index (χ3v) is 3.92. The van der Waals surface area contributed by atoms with E-state index in [9.17, 15) is 0 Å². The summed E-state index contributed by atoms with van der Waals surface area (Å²) in [5, 5.41) is 3.30. The van der Waals surface area contributed by atoms with Crippen LogP contribution < -0.4 is 15.0 Å². The molecule has 0 fully saturated rings. The lowest BCUT2D eigenvalue weighted by atomic mass is 10.2. The van der Waals surface area contributed by atoms with E-state index >= 15 is 0 Å². The smallest absolute Gasteiger partial charge is 0.135 e. The van der Waals surface area contributed by atoms with Crippen molar-refractivity contribution in [2.75, 3.05) is 23.9 Å². The first-order valence-electron chi connectivity index (χ1n) is 8.30. The predicted molar refractivity (Wildman–Crippen MR) is 101 cm³/mol. The summed E-state index contributed by atoms with van der Waals surface area (Å²) >= 11 is 0. The van der Waals surface area contributed by atoms with Gasteiger partial charge < -0.3 is 15.0 Å². The first kappa shape index (κ1) is 16.8. The van der Waals surface area contributed by atoms with Crippen molar-refractivity contribution in [2.24, 2.45) is 0 Å². The van der Waals surface area contributed by atoms with Crippen molar-refractivity contribution in [3.8, 4) is 5.75 Å². The molecule has 0 unspecified atom stereocenters. The second-order valence-corrected chi connectivity index (χ2v) is 5.62. The Morgan fingerprint density at radius 3 is 2.60 bits per heavy atom. The maximum Gasteiger partial charge on any atom is 0.135 e. The Labute approximate surface area is 148 Å². The Kier molecular flexibility index (Phi) is 5.46. The quantitative estimate of drug-likeness (QED) is 0.700. The van der Waals surface area contributed by atoms with Crippen LogP contribution in [0, 0.1) is 0 Å². The average Bonchev–Trinajstić information content (AvgIpc) is 2.67. The fourth-order valence-corrected chi connectivity index (χ4v) is 2.60. The summed E-state index contributed by atoms with van der Waals surface area (Å²) in [7, 11) is 1.66. The molecule has 1 aromatic heterocycles. The first-order chi connectivity index (χ1) is 12.3. The molecule has 3 aromatic rings. The molecule has 0 atom stereocenters. The molecule has 0 saturated carbocycles. The highest BCUT2D eigenvalue weighted by Crippen LogP contribution is 2.22. The van der Waals surface area contributed by atoms with Crippen LogP contribution in [0.5, 0.6) is 5.75 Å². The van der Waals surface area contributed by atoms with Gasteiger partial charge in [-0.1, -0.05) is 36.4 Å². The van der Waals surface area contributed by atoms with Crippen molar-refractivity contribution >= 4 is 17.3 Å². The Morgan fingerprint density at radius 2 is 1.84 bits per heavy atom. The molecule has 5 heteroatoms. The van der Waals surface area contributed by atoms with Gasteiger partial charge >= 0.3 is 0 Å². The van der Waals surface area contributed by atoms with Crippen molar-refractivity contribution in [1.82, 2.24) is 9.97 Å². The van der Waals surface area contributed by atoms with E-state index in [2.05, 4.69) is 51.4 Å². The molecule has 128 valence electrons. The standard InChI is InChI=1S/C20H22N4O/c1-3-24(14-16-8-5-4-6-9-16)20-13-19(21-15-22-20)23-17-10-7-11-18(12-17)25-2/h4-13,15H,3,14H2,1-2H3,(H,21,22,23). The number of anilines is 3. The Bertz CT molecular complexity index is 808. The van der Waals surface area contributed by atoms with Gasteiger partial charge in [0, 0.05) is 30.9 Å². The highest BCUT2D eigenvalue weighted by atomic mass is 16.5. The van der Waals surface area contributed by atoms with E-state index in [0.717, 1.165) is 36.2 Å². The van der Waals surface area contributed by atoms with E-state index in [0.29, 0.717) is 0 Å². The molecule has 1 N–H and O–H groups in total. The van der Waals surface area contributed by atoms with E-state index in [4.69, 9.17) is 4.74 Å². The van der Waals surface area contributed by atoms with E-state index in [1.165, 1.54) is 5.56 Å². The van der Waals surface area contributed by atoms with Gasteiger partial charge in [0.25, 0.3) is 0 Å². The minimum atomic E-state index is 0.754. The summed E-state index contributed by atoms with van der Waals surface area (Å²) < 4.78 is 5.26. The fourth-order valence-electron chi connectivity index (χ4n) is 2.60. The van der Waals surface area contributed by atoms with Gasteiger partial charge in [-0.2, -0.15) is 0 Å². The maximum absolute atomic E-state index is 5.26. The second kappa shape index (κ2) is 8.15. The Morgan fingerprint density at radius 1 is 1.00 bits per heavy atom. The molecule has 0 amide bonds. The number of hydrogen-bond acceptors (Lipinski definition) is 5. The molecule has 0 bridgehead atoms. The molecule has 0 spiro atoms. The largest absolute Gasteiger partial charge is 0.497 e. The van der Waals surface area contributed by atoms with E-state index < -0.39 is 0 Å². The third-order valence-electron chi connectivity index (χ3n) is 3.92. The van der Waals surface area contributed by atoms with Crippen LogP contribution in [0.4, 0.5) is 17.3 Å². The lowest BCUT2D eigenvalue weighted by Gasteiger charge is -2.22. The molecule has 2 aromatic carbocycles. The van der Waals surface area contributed by atoms with Crippen LogP contribution in [-0.2, 0) is 6.54 Å². The number of ether oxygens (including phenoxy) is 1. The lowest BCUT2D eigenvalue weighted by Crippen LogP contribution is -2.23. The molecule has 0 aliphatic rings. The highest BCUT2D eigenvalue weighted by molar-refractivity contribution is 5.60. The van der Waals surface area contributed by atoms with Crippen LogP contribution in [0.3, 0.4) is 0 Å². The normalized spacial score (nSPS) is 10.3.